The summed E-state index contributed by atoms with van der Waals surface area (Å²) in [6, 6.07) is 20.6. The maximum atomic E-state index is 13.6. The second-order valence-electron chi connectivity index (χ2n) is 8.28. The Labute approximate surface area is 194 Å². The molecular weight excluding hydrogens is 412 g/mol. The highest BCUT2D eigenvalue weighted by atomic mass is 16.5. The first-order valence-corrected chi connectivity index (χ1v) is 11.2. The number of amides is 2. The van der Waals surface area contributed by atoms with E-state index in [1.807, 2.05) is 76.2 Å². The average Bonchev–Trinajstić information content (AvgIpc) is 3.05. The van der Waals surface area contributed by atoms with Crippen LogP contribution < -0.4 is 15.0 Å². The Hall–Kier alpha value is -3.86. The fourth-order valence-electron chi connectivity index (χ4n) is 3.82. The molecule has 0 saturated carbocycles. The summed E-state index contributed by atoms with van der Waals surface area (Å²) in [6.45, 7) is 8.60. The smallest absolute Gasteiger partial charge is 0.282 e. The van der Waals surface area contributed by atoms with Gasteiger partial charge in [-0.2, -0.15) is 0 Å². The number of anilines is 2. The lowest BCUT2D eigenvalue weighted by atomic mass is 10.0. The summed E-state index contributed by atoms with van der Waals surface area (Å²) in [6.07, 6.45) is 0.870. The third-order valence-electron chi connectivity index (χ3n) is 5.84. The molecular formula is C28H28N2O3. The van der Waals surface area contributed by atoms with Gasteiger partial charge in [-0.1, -0.05) is 55.0 Å². The minimum absolute atomic E-state index is 0.275. The first kappa shape index (κ1) is 22.3. The van der Waals surface area contributed by atoms with Crippen LogP contribution in [0.4, 0.5) is 11.4 Å². The van der Waals surface area contributed by atoms with Crippen molar-refractivity contribution >= 4 is 28.8 Å². The van der Waals surface area contributed by atoms with E-state index in [1.165, 1.54) is 4.90 Å². The highest BCUT2D eigenvalue weighted by Crippen LogP contribution is 2.35. The Morgan fingerprint density at radius 3 is 2.33 bits per heavy atom. The van der Waals surface area contributed by atoms with E-state index < -0.39 is 0 Å². The van der Waals surface area contributed by atoms with Crippen molar-refractivity contribution in [2.24, 2.45) is 0 Å². The first-order valence-electron chi connectivity index (χ1n) is 11.2. The quantitative estimate of drug-likeness (QED) is 0.472. The van der Waals surface area contributed by atoms with Crippen LogP contribution in [-0.4, -0.2) is 18.4 Å². The van der Waals surface area contributed by atoms with Crippen LogP contribution in [0, 0.1) is 20.8 Å². The van der Waals surface area contributed by atoms with Gasteiger partial charge in [0, 0.05) is 11.8 Å². The lowest BCUT2D eigenvalue weighted by molar-refractivity contribution is -0.120. The summed E-state index contributed by atoms with van der Waals surface area (Å²) in [7, 11) is 0. The lowest BCUT2D eigenvalue weighted by Crippen LogP contribution is -2.32. The molecule has 0 unspecified atom stereocenters. The number of hydrogen-bond donors (Lipinski definition) is 1. The van der Waals surface area contributed by atoms with E-state index in [1.54, 1.807) is 18.2 Å². The van der Waals surface area contributed by atoms with E-state index in [0.29, 0.717) is 29.2 Å². The number of nitrogens with zero attached hydrogens (tertiary/aromatic N) is 1. The fourth-order valence-corrected chi connectivity index (χ4v) is 3.82. The fraction of sp³-hybridized carbons (Fsp3) is 0.214. The average molecular weight is 441 g/mol. The van der Waals surface area contributed by atoms with Crippen molar-refractivity contribution in [2.45, 2.75) is 34.1 Å². The molecule has 0 bridgehead atoms. The summed E-state index contributed by atoms with van der Waals surface area (Å²) < 4.78 is 5.72. The van der Waals surface area contributed by atoms with Gasteiger partial charge in [-0.05, 0) is 62.1 Å². The molecule has 0 aromatic heterocycles. The van der Waals surface area contributed by atoms with Crippen molar-refractivity contribution in [1.29, 1.82) is 0 Å². The highest BCUT2D eigenvalue weighted by Gasteiger charge is 2.40. The number of ether oxygens (including phenoxy) is 1. The van der Waals surface area contributed by atoms with Gasteiger partial charge in [-0.3, -0.25) is 9.59 Å². The minimum Gasteiger partial charge on any atom is -0.494 e. The standard InChI is InChI=1S/C28H28N2O3/c1-5-16-33-23-10-7-9-22(17-23)30-27(31)25(21-14-12-18(2)13-15-21)26(28(30)32)29-24-11-6-8-19(3)20(24)4/h6-15,17,29H,5,16H2,1-4H3. The number of benzene rings is 3. The van der Waals surface area contributed by atoms with E-state index in [2.05, 4.69) is 5.32 Å². The number of hydrogen-bond acceptors (Lipinski definition) is 4. The van der Waals surface area contributed by atoms with E-state index in [-0.39, 0.29) is 17.5 Å². The molecule has 0 fully saturated rings. The molecule has 168 valence electrons. The topological polar surface area (TPSA) is 58.6 Å². The van der Waals surface area contributed by atoms with Gasteiger partial charge < -0.3 is 10.1 Å². The predicted molar refractivity (Wildman–Crippen MR) is 132 cm³/mol. The Morgan fingerprint density at radius 1 is 0.879 bits per heavy atom. The number of nitrogens with one attached hydrogen (secondary N) is 1. The highest BCUT2D eigenvalue weighted by molar-refractivity contribution is 6.46. The number of aryl methyl sites for hydroxylation is 2. The normalized spacial score (nSPS) is 13.6. The molecule has 1 aliphatic rings. The summed E-state index contributed by atoms with van der Waals surface area (Å²) in [5, 5.41) is 3.28. The Bertz CT molecular complexity index is 1240. The second kappa shape index (κ2) is 9.33. The Kier molecular flexibility index (Phi) is 6.31. The summed E-state index contributed by atoms with van der Waals surface area (Å²) in [4.78, 5) is 28.5. The SMILES string of the molecule is CCCOc1cccc(N2C(=O)C(Nc3cccc(C)c3C)=C(c3ccc(C)cc3)C2=O)c1. The van der Waals surface area contributed by atoms with Gasteiger partial charge in [0.25, 0.3) is 11.8 Å². The van der Waals surface area contributed by atoms with Crippen LogP contribution in [0.1, 0.15) is 35.6 Å². The van der Waals surface area contributed by atoms with Crippen LogP contribution in [-0.2, 0) is 9.59 Å². The molecule has 1 heterocycles. The summed E-state index contributed by atoms with van der Waals surface area (Å²) >= 11 is 0. The molecule has 3 aromatic rings. The summed E-state index contributed by atoms with van der Waals surface area (Å²) in [5.41, 5.74) is 5.84. The van der Waals surface area contributed by atoms with Crippen molar-refractivity contribution in [1.82, 2.24) is 0 Å². The molecule has 0 radical (unpaired) electrons. The van der Waals surface area contributed by atoms with Crippen molar-refractivity contribution in [2.75, 3.05) is 16.8 Å². The van der Waals surface area contributed by atoms with Crippen molar-refractivity contribution < 1.29 is 14.3 Å². The van der Waals surface area contributed by atoms with Crippen LogP contribution in [0.2, 0.25) is 0 Å². The van der Waals surface area contributed by atoms with Crippen molar-refractivity contribution in [3.05, 3.63) is 94.7 Å². The Morgan fingerprint density at radius 2 is 1.61 bits per heavy atom. The van der Waals surface area contributed by atoms with Crippen LogP contribution in [0.3, 0.4) is 0 Å². The van der Waals surface area contributed by atoms with Crippen LogP contribution >= 0.6 is 0 Å². The lowest BCUT2D eigenvalue weighted by Gasteiger charge is -2.17. The first-order chi connectivity index (χ1) is 15.9. The third-order valence-corrected chi connectivity index (χ3v) is 5.84. The minimum atomic E-state index is -0.385. The van der Waals surface area contributed by atoms with Gasteiger partial charge in [0.05, 0.1) is 17.9 Å². The zero-order chi connectivity index (χ0) is 23.5. The van der Waals surface area contributed by atoms with Crippen molar-refractivity contribution in [3.8, 4) is 5.75 Å². The van der Waals surface area contributed by atoms with Gasteiger partial charge in [0.2, 0.25) is 0 Å². The Balaban J connectivity index is 1.79. The molecule has 5 heteroatoms. The van der Waals surface area contributed by atoms with Crippen LogP contribution in [0.15, 0.2) is 72.4 Å². The van der Waals surface area contributed by atoms with E-state index in [9.17, 15) is 9.59 Å². The van der Waals surface area contributed by atoms with Crippen molar-refractivity contribution in [3.63, 3.8) is 0 Å². The molecule has 4 rings (SSSR count). The largest absolute Gasteiger partial charge is 0.494 e. The van der Waals surface area contributed by atoms with Gasteiger partial charge in [0.15, 0.2) is 0 Å². The molecule has 5 nitrogen and oxygen atoms in total. The number of rotatable bonds is 7. The molecule has 0 aliphatic carbocycles. The molecule has 1 aliphatic heterocycles. The molecule has 0 atom stereocenters. The molecule has 0 saturated heterocycles. The molecule has 1 N–H and O–H groups in total. The zero-order valence-electron chi connectivity index (χ0n) is 19.4. The van der Waals surface area contributed by atoms with Gasteiger partial charge in [0.1, 0.15) is 11.4 Å². The second-order valence-corrected chi connectivity index (χ2v) is 8.28. The van der Waals surface area contributed by atoms with Crippen LogP contribution in [0.25, 0.3) is 5.57 Å². The number of carbonyl (C=O) groups is 2. The molecule has 0 spiro atoms. The van der Waals surface area contributed by atoms with Gasteiger partial charge in [-0.25, -0.2) is 4.90 Å². The third kappa shape index (κ3) is 4.40. The predicted octanol–water partition coefficient (Wildman–Crippen LogP) is 5.80. The molecule has 3 aromatic carbocycles. The number of carbonyl (C=O) groups excluding carboxylic acids is 2. The van der Waals surface area contributed by atoms with Gasteiger partial charge >= 0.3 is 0 Å². The maximum Gasteiger partial charge on any atom is 0.282 e. The summed E-state index contributed by atoms with van der Waals surface area (Å²) in [5.74, 6) is -0.115. The zero-order valence-corrected chi connectivity index (χ0v) is 19.4. The van der Waals surface area contributed by atoms with Crippen LogP contribution in [0.5, 0.6) is 5.75 Å². The monoisotopic (exact) mass is 440 g/mol. The van der Waals surface area contributed by atoms with E-state index in [0.717, 1.165) is 28.8 Å². The maximum absolute atomic E-state index is 13.6. The molecule has 33 heavy (non-hydrogen) atoms. The molecule has 2 amide bonds. The van der Waals surface area contributed by atoms with Gasteiger partial charge in [-0.15, -0.1) is 0 Å². The van der Waals surface area contributed by atoms with E-state index in [4.69, 9.17) is 4.74 Å². The van der Waals surface area contributed by atoms with E-state index >= 15 is 0 Å². The number of imide groups is 1.